The van der Waals surface area contributed by atoms with Crippen molar-refractivity contribution in [1.29, 1.82) is 0 Å². The van der Waals surface area contributed by atoms with Gasteiger partial charge in [-0.15, -0.1) is 0 Å². The van der Waals surface area contributed by atoms with Crippen LogP contribution >= 0.6 is 0 Å². The molecule has 27 heavy (non-hydrogen) atoms. The van der Waals surface area contributed by atoms with E-state index >= 15 is 0 Å². The third kappa shape index (κ3) is 4.70. The van der Waals surface area contributed by atoms with Gasteiger partial charge in [-0.1, -0.05) is 38.1 Å². The molecule has 1 aliphatic carbocycles. The van der Waals surface area contributed by atoms with E-state index in [9.17, 15) is 9.90 Å². The van der Waals surface area contributed by atoms with Gasteiger partial charge in [-0.05, 0) is 73.1 Å². The highest BCUT2D eigenvalue weighted by Gasteiger charge is 2.28. The number of aliphatic hydroxyl groups is 1. The summed E-state index contributed by atoms with van der Waals surface area (Å²) in [5, 5.41) is 9.37. The summed E-state index contributed by atoms with van der Waals surface area (Å²) in [6, 6.07) is 12.9. The van der Waals surface area contributed by atoms with Crippen LogP contribution in [0.15, 0.2) is 36.4 Å². The number of ketones is 1. The highest BCUT2D eigenvalue weighted by molar-refractivity contribution is 5.94. The molecule has 1 saturated carbocycles. The van der Waals surface area contributed by atoms with E-state index in [-0.39, 0.29) is 12.4 Å². The third-order valence-electron chi connectivity index (χ3n) is 6.18. The Labute approximate surface area is 163 Å². The molecule has 1 fully saturated rings. The summed E-state index contributed by atoms with van der Waals surface area (Å²) in [5.74, 6) is 1.69. The number of rotatable bonds is 8. The number of carbonyl (C=O) groups excluding carboxylic acids is 1. The number of carbonyl (C=O) groups is 1. The van der Waals surface area contributed by atoms with E-state index in [0.29, 0.717) is 24.2 Å². The van der Waals surface area contributed by atoms with E-state index in [1.54, 1.807) is 0 Å². The van der Waals surface area contributed by atoms with Crippen LogP contribution in [0.4, 0.5) is 0 Å². The van der Waals surface area contributed by atoms with Crippen molar-refractivity contribution < 1.29 is 9.90 Å². The van der Waals surface area contributed by atoms with Gasteiger partial charge in [0.1, 0.15) is 0 Å². The number of nitrogens with zero attached hydrogens (tertiary/aromatic N) is 1. The van der Waals surface area contributed by atoms with Crippen LogP contribution in [0.2, 0.25) is 0 Å². The number of benzene rings is 1. The highest BCUT2D eigenvalue weighted by Crippen LogP contribution is 2.38. The number of aryl methyl sites for hydroxylation is 1. The monoisotopic (exact) mass is 367 g/mol. The van der Waals surface area contributed by atoms with E-state index in [1.165, 1.54) is 16.8 Å². The van der Waals surface area contributed by atoms with Gasteiger partial charge >= 0.3 is 0 Å². The first-order valence-electron chi connectivity index (χ1n) is 10.4. The minimum absolute atomic E-state index is 0.235. The molecule has 2 aromatic rings. The van der Waals surface area contributed by atoms with E-state index in [2.05, 4.69) is 48.7 Å². The predicted octanol–water partition coefficient (Wildman–Crippen LogP) is 5.23. The van der Waals surface area contributed by atoms with Gasteiger partial charge in [0.05, 0.1) is 5.69 Å². The van der Waals surface area contributed by atoms with Gasteiger partial charge in [-0.3, -0.25) is 4.79 Å². The molecular formula is C24H33NO2. The molecule has 1 aliphatic rings. The first-order valence-corrected chi connectivity index (χ1v) is 10.4. The molecule has 1 aromatic carbocycles. The van der Waals surface area contributed by atoms with E-state index in [4.69, 9.17) is 0 Å². The Morgan fingerprint density at radius 3 is 2.52 bits per heavy atom. The highest BCUT2D eigenvalue weighted by atomic mass is 16.3. The topological polar surface area (TPSA) is 42.2 Å². The molecule has 1 aromatic heterocycles. The van der Waals surface area contributed by atoms with E-state index in [0.717, 1.165) is 37.8 Å². The zero-order chi connectivity index (χ0) is 19.4. The number of hydrogen-bond donors (Lipinski definition) is 1. The fraction of sp³-hybridized carbons (Fsp3) is 0.542. The Kier molecular flexibility index (Phi) is 6.54. The molecule has 0 aliphatic heterocycles. The second-order valence-electron chi connectivity index (χ2n) is 8.43. The summed E-state index contributed by atoms with van der Waals surface area (Å²) in [6.07, 6.45) is 5.66. The standard InChI is InChI=1S/C24H33NO2/c1-17(2)20-10-7-18(8-11-20)5-4-6-24(27)23-14-13-22(25(23)3)21-12-9-19(15-21)16-26/h7-8,10-11,13-14,17,19,21,26H,4-6,9,12,15-16H2,1-3H3/t19-,21-/m0/s1. The lowest BCUT2D eigenvalue weighted by Crippen LogP contribution is -2.10. The molecule has 0 spiro atoms. The van der Waals surface area contributed by atoms with Crippen LogP contribution in [0.5, 0.6) is 0 Å². The van der Waals surface area contributed by atoms with E-state index in [1.807, 2.05) is 13.1 Å². The molecule has 0 unspecified atom stereocenters. The Bertz CT molecular complexity index is 757. The summed E-state index contributed by atoms with van der Waals surface area (Å²) >= 11 is 0. The number of hydrogen-bond acceptors (Lipinski definition) is 2. The smallest absolute Gasteiger partial charge is 0.179 e. The molecule has 1 N–H and O–H groups in total. The average molecular weight is 368 g/mol. The quantitative estimate of drug-likeness (QED) is 0.649. The fourth-order valence-electron chi connectivity index (χ4n) is 4.38. The van der Waals surface area contributed by atoms with Crippen LogP contribution in [0.1, 0.15) is 85.1 Å². The molecule has 0 saturated heterocycles. The van der Waals surface area contributed by atoms with Crippen molar-refractivity contribution in [2.24, 2.45) is 13.0 Å². The molecular weight excluding hydrogens is 334 g/mol. The molecule has 0 bridgehead atoms. The lowest BCUT2D eigenvalue weighted by atomic mass is 9.99. The summed E-state index contributed by atoms with van der Waals surface area (Å²) in [5.41, 5.74) is 4.74. The minimum Gasteiger partial charge on any atom is -0.396 e. The third-order valence-corrected chi connectivity index (χ3v) is 6.18. The van der Waals surface area contributed by atoms with Crippen LogP contribution < -0.4 is 0 Å². The minimum atomic E-state index is 0.235. The first-order chi connectivity index (χ1) is 13.0. The van der Waals surface area contributed by atoms with Crippen molar-refractivity contribution in [2.75, 3.05) is 6.61 Å². The van der Waals surface area contributed by atoms with Crippen LogP contribution in [0, 0.1) is 5.92 Å². The van der Waals surface area contributed by atoms with Gasteiger partial charge in [-0.2, -0.15) is 0 Å². The SMILES string of the molecule is CC(C)c1ccc(CCCC(=O)c2ccc([C@H]3CC[C@H](CO)C3)n2C)cc1. The van der Waals surface area contributed by atoms with Gasteiger partial charge in [-0.25, -0.2) is 0 Å². The number of Topliss-reactive ketones (excluding diaryl/α,β-unsaturated/α-hetero) is 1. The summed E-state index contributed by atoms with van der Waals surface area (Å²) < 4.78 is 2.09. The molecule has 0 radical (unpaired) electrons. The maximum Gasteiger partial charge on any atom is 0.179 e. The molecule has 146 valence electrons. The Morgan fingerprint density at radius 1 is 1.15 bits per heavy atom. The Balaban J connectivity index is 1.54. The molecule has 3 heteroatoms. The van der Waals surface area contributed by atoms with Crippen LogP contribution in [-0.4, -0.2) is 22.1 Å². The normalized spacial score (nSPS) is 19.7. The van der Waals surface area contributed by atoms with Crippen LogP contribution in [-0.2, 0) is 13.5 Å². The van der Waals surface area contributed by atoms with Gasteiger partial charge in [0.2, 0.25) is 0 Å². The summed E-state index contributed by atoms with van der Waals surface area (Å²) in [6.45, 7) is 4.69. The van der Waals surface area contributed by atoms with Crippen LogP contribution in [0.25, 0.3) is 0 Å². The van der Waals surface area contributed by atoms with Crippen molar-refractivity contribution in [3.05, 3.63) is 58.9 Å². The Hall–Kier alpha value is -1.87. The lowest BCUT2D eigenvalue weighted by molar-refractivity contribution is 0.0972. The average Bonchev–Trinajstić information content (AvgIpc) is 3.28. The second-order valence-corrected chi connectivity index (χ2v) is 8.43. The maximum absolute atomic E-state index is 12.7. The van der Waals surface area contributed by atoms with Crippen molar-refractivity contribution in [3.8, 4) is 0 Å². The largest absolute Gasteiger partial charge is 0.396 e. The predicted molar refractivity (Wildman–Crippen MR) is 110 cm³/mol. The fourth-order valence-corrected chi connectivity index (χ4v) is 4.38. The lowest BCUT2D eigenvalue weighted by Gasteiger charge is -2.13. The van der Waals surface area contributed by atoms with Gasteiger partial charge in [0.15, 0.2) is 5.78 Å². The van der Waals surface area contributed by atoms with Crippen molar-refractivity contribution in [1.82, 2.24) is 4.57 Å². The zero-order valence-corrected chi connectivity index (χ0v) is 16.9. The molecule has 3 nitrogen and oxygen atoms in total. The van der Waals surface area contributed by atoms with Gasteiger partial charge in [0, 0.05) is 25.8 Å². The van der Waals surface area contributed by atoms with Crippen molar-refractivity contribution >= 4 is 5.78 Å². The molecule has 3 rings (SSSR count). The van der Waals surface area contributed by atoms with Gasteiger partial charge < -0.3 is 9.67 Å². The maximum atomic E-state index is 12.7. The summed E-state index contributed by atoms with van der Waals surface area (Å²) in [4.78, 5) is 12.7. The first kappa shape index (κ1) is 19.9. The number of aliphatic hydroxyl groups excluding tert-OH is 1. The number of aromatic nitrogens is 1. The molecule has 2 atom stereocenters. The Morgan fingerprint density at radius 2 is 1.89 bits per heavy atom. The van der Waals surface area contributed by atoms with Crippen molar-refractivity contribution in [2.45, 2.75) is 64.2 Å². The second kappa shape index (κ2) is 8.88. The zero-order valence-electron chi connectivity index (χ0n) is 16.9. The molecule has 0 amide bonds. The molecule has 1 heterocycles. The van der Waals surface area contributed by atoms with E-state index < -0.39 is 0 Å². The summed E-state index contributed by atoms with van der Waals surface area (Å²) in [7, 11) is 2.01. The van der Waals surface area contributed by atoms with Crippen LogP contribution in [0.3, 0.4) is 0 Å². The van der Waals surface area contributed by atoms with Crippen molar-refractivity contribution in [3.63, 3.8) is 0 Å². The van der Waals surface area contributed by atoms with Gasteiger partial charge in [0.25, 0.3) is 0 Å².